The van der Waals surface area contributed by atoms with Gasteiger partial charge in [0.05, 0.1) is 11.0 Å². The van der Waals surface area contributed by atoms with Crippen LogP contribution in [0.15, 0.2) is 215 Å². The maximum absolute atomic E-state index is 6.62. The van der Waals surface area contributed by atoms with Gasteiger partial charge in [-0.1, -0.05) is 158 Å². The summed E-state index contributed by atoms with van der Waals surface area (Å²) in [7, 11) is 0. The molecule has 0 amide bonds. The van der Waals surface area contributed by atoms with Crippen LogP contribution < -0.4 is 0 Å². The van der Waals surface area contributed by atoms with E-state index in [9.17, 15) is 0 Å². The van der Waals surface area contributed by atoms with Crippen molar-refractivity contribution in [3.8, 4) is 51.0 Å². The lowest BCUT2D eigenvalue weighted by molar-refractivity contribution is 0.669. The minimum absolute atomic E-state index is 0.570. The summed E-state index contributed by atoms with van der Waals surface area (Å²) in [5.41, 5.74) is 11.4. The van der Waals surface area contributed by atoms with E-state index in [0.717, 1.165) is 88.4 Å². The zero-order valence-corrected chi connectivity index (χ0v) is 34.7. The normalized spacial score (nSPS) is 12.0. The van der Waals surface area contributed by atoms with Crippen molar-refractivity contribution in [2.75, 3.05) is 0 Å². The first kappa shape index (κ1) is 35.7. The summed E-state index contributed by atoms with van der Waals surface area (Å²) < 4.78 is 15.4. The largest absolute Gasteiger partial charge is 0.456 e. The SMILES string of the molecule is c1ccc(-c2nc(-c3cccc(-n4c5c(-c6ccc7c(c6)oc6ccc8ccccc8c67)cccc5c5ccc6ccccc6c54)c3)nc(-c3ccc4c(c3)oc3ccccc34)n2)cc1. The van der Waals surface area contributed by atoms with Crippen molar-refractivity contribution in [1.29, 1.82) is 0 Å². The molecular weight excluding hydrogens is 797 g/mol. The van der Waals surface area contributed by atoms with Crippen LogP contribution in [0, 0.1) is 0 Å². The highest BCUT2D eigenvalue weighted by Crippen LogP contribution is 2.43. The molecule has 0 saturated carbocycles. The van der Waals surface area contributed by atoms with Crippen LogP contribution in [0.5, 0.6) is 0 Å². The van der Waals surface area contributed by atoms with Crippen LogP contribution in [0.25, 0.3) is 138 Å². The fourth-order valence-electron chi connectivity index (χ4n) is 10.0. The predicted molar refractivity (Wildman–Crippen MR) is 265 cm³/mol. The number of fused-ring (bicyclic) bond motifs is 13. The van der Waals surface area contributed by atoms with E-state index in [1.807, 2.05) is 54.6 Å². The van der Waals surface area contributed by atoms with E-state index in [0.29, 0.717) is 17.5 Å². The molecule has 0 fully saturated rings. The molecule has 65 heavy (non-hydrogen) atoms. The van der Waals surface area contributed by atoms with Crippen LogP contribution >= 0.6 is 0 Å². The van der Waals surface area contributed by atoms with Gasteiger partial charge in [0, 0.05) is 65.6 Å². The second kappa shape index (κ2) is 13.8. The second-order valence-electron chi connectivity index (χ2n) is 16.7. The van der Waals surface area contributed by atoms with Gasteiger partial charge in [0.15, 0.2) is 17.5 Å². The summed E-state index contributed by atoms with van der Waals surface area (Å²) in [5.74, 6) is 1.75. The van der Waals surface area contributed by atoms with Crippen LogP contribution in [-0.2, 0) is 0 Å². The van der Waals surface area contributed by atoms with Gasteiger partial charge < -0.3 is 13.4 Å². The average Bonchev–Trinajstić information content (AvgIpc) is 4.06. The highest BCUT2D eigenvalue weighted by molar-refractivity contribution is 6.22. The van der Waals surface area contributed by atoms with Crippen LogP contribution in [0.3, 0.4) is 0 Å². The molecule has 302 valence electrons. The number of aromatic nitrogens is 4. The second-order valence-corrected chi connectivity index (χ2v) is 16.7. The number of hydrogen-bond donors (Lipinski definition) is 0. The molecule has 0 unspecified atom stereocenters. The van der Waals surface area contributed by atoms with Gasteiger partial charge in [0.1, 0.15) is 22.3 Å². The Labute approximate surface area is 371 Å². The molecule has 0 aliphatic heterocycles. The Kier molecular flexibility index (Phi) is 7.59. The molecule has 10 aromatic carbocycles. The molecule has 0 aliphatic rings. The zero-order valence-electron chi connectivity index (χ0n) is 34.7. The number of nitrogens with zero attached hydrogens (tertiary/aromatic N) is 4. The zero-order chi connectivity index (χ0) is 42.6. The molecule has 0 bridgehead atoms. The Hall–Kier alpha value is -8.87. The lowest BCUT2D eigenvalue weighted by Crippen LogP contribution is -2.01. The minimum atomic E-state index is 0.570. The Morgan fingerprint density at radius 3 is 1.72 bits per heavy atom. The number of rotatable bonds is 5. The van der Waals surface area contributed by atoms with Gasteiger partial charge in [-0.3, -0.25) is 0 Å². The molecular formula is C59H34N4O2. The van der Waals surface area contributed by atoms with Crippen molar-refractivity contribution in [2.24, 2.45) is 0 Å². The first-order valence-electron chi connectivity index (χ1n) is 21.8. The maximum atomic E-state index is 6.62. The lowest BCUT2D eigenvalue weighted by atomic mass is 9.99. The van der Waals surface area contributed by atoms with Gasteiger partial charge in [-0.25, -0.2) is 15.0 Å². The van der Waals surface area contributed by atoms with Crippen molar-refractivity contribution in [3.05, 3.63) is 206 Å². The third kappa shape index (κ3) is 5.51. The van der Waals surface area contributed by atoms with E-state index in [-0.39, 0.29) is 0 Å². The van der Waals surface area contributed by atoms with Gasteiger partial charge in [-0.05, 0) is 70.3 Å². The van der Waals surface area contributed by atoms with Crippen molar-refractivity contribution in [2.45, 2.75) is 0 Å². The topological polar surface area (TPSA) is 69.9 Å². The molecule has 0 aliphatic carbocycles. The molecule has 4 heterocycles. The van der Waals surface area contributed by atoms with Crippen molar-refractivity contribution in [3.63, 3.8) is 0 Å². The molecule has 6 nitrogen and oxygen atoms in total. The van der Waals surface area contributed by atoms with Crippen LogP contribution in [0.1, 0.15) is 0 Å². The van der Waals surface area contributed by atoms with Crippen molar-refractivity contribution >= 4 is 87.2 Å². The summed E-state index contributed by atoms with van der Waals surface area (Å²) in [6.07, 6.45) is 0. The van der Waals surface area contributed by atoms with Crippen LogP contribution in [0.4, 0.5) is 0 Å². The summed E-state index contributed by atoms with van der Waals surface area (Å²) >= 11 is 0. The number of hydrogen-bond acceptors (Lipinski definition) is 5. The quantitative estimate of drug-likeness (QED) is 0.173. The standard InChI is InChI=1S/C59H34N4O2/c1-2-14-37(15-3-1)57-60-58(62-59(61-57)40-26-28-46-45-20-8-9-23-50(45)64-52(46)34-40)39-16-10-17-41(32-39)63-55-43-19-7-5-13-36(43)24-29-48(55)47-22-11-21-44(56(47)63)38-25-30-49-53(33-38)65-51-31-27-35-12-4-6-18-42(35)54(49)51/h1-34H. The van der Waals surface area contributed by atoms with Gasteiger partial charge in [-0.2, -0.15) is 0 Å². The maximum Gasteiger partial charge on any atom is 0.164 e. The molecule has 0 atom stereocenters. The lowest BCUT2D eigenvalue weighted by Gasteiger charge is -2.14. The summed E-state index contributed by atoms with van der Waals surface area (Å²) in [5, 5.41) is 11.5. The third-order valence-electron chi connectivity index (χ3n) is 13.0. The monoisotopic (exact) mass is 830 g/mol. The fraction of sp³-hybridized carbons (Fsp3) is 0. The van der Waals surface area contributed by atoms with Gasteiger partial charge in [0.25, 0.3) is 0 Å². The van der Waals surface area contributed by atoms with E-state index in [1.54, 1.807) is 0 Å². The Balaban J connectivity index is 0.989. The smallest absolute Gasteiger partial charge is 0.164 e. The van der Waals surface area contributed by atoms with E-state index >= 15 is 0 Å². The highest BCUT2D eigenvalue weighted by atomic mass is 16.3. The summed E-state index contributed by atoms with van der Waals surface area (Å²) in [6, 6.07) is 72.2. The van der Waals surface area contributed by atoms with E-state index in [4.69, 9.17) is 23.8 Å². The third-order valence-corrected chi connectivity index (χ3v) is 13.0. The Morgan fingerprint density at radius 1 is 0.308 bits per heavy atom. The molecule has 0 radical (unpaired) electrons. The fourth-order valence-corrected chi connectivity index (χ4v) is 10.0. The molecule has 14 aromatic rings. The predicted octanol–water partition coefficient (Wildman–Crippen LogP) is 15.7. The van der Waals surface area contributed by atoms with E-state index in [1.165, 1.54) is 32.3 Å². The molecule has 0 saturated heterocycles. The van der Waals surface area contributed by atoms with Crippen molar-refractivity contribution < 1.29 is 8.83 Å². The number of furan rings is 2. The van der Waals surface area contributed by atoms with Gasteiger partial charge >= 0.3 is 0 Å². The number of benzene rings is 10. The van der Waals surface area contributed by atoms with Gasteiger partial charge in [-0.15, -0.1) is 0 Å². The minimum Gasteiger partial charge on any atom is -0.456 e. The first-order valence-corrected chi connectivity index (χ1v) is 21.8. The Morgan fingerprint density at radius 2 is 0.862 bits per heavy atom. The molecule has 0 N–H and O–H groups in total. The van der Waals surface area contributed by atoms with E-state index in [2.05, 4.69) is 156 Å². The van der Waals surface area contributed by atoms with Crippen LogP contribution in [0.2, 0.25) is 0 Å². The summed E-state index contributed by atoms with van der Waals surface area (Å²) in [6.45, 7) is 0. The first-order chi connectivity index (χ1) is 32.2. The summed E-state index contributed by atoms with van der Waals surface area (Å²) in [4.78, 5) is 15.4. The molecule has 14 rings (SSSR count). The van der Waals surface area contributed by atoms with Crippen molar-refractivity contribution in [1.82, 2.24) is 19.5 Å². The molecule has 4 aromatic heterocycles. The van der Waals surface area contributed by atoms with Gasteiger partial charge in [0.2, 0.25) is 0 Å². The molecule has 0 spiro atoms. The Bertz CT molecular complexity index is 4250. The molecule has 6 heteroatoms. The van der Waals surface area contributed by atoms with Crippen LogP contribution in [-0.4, -0.2) is 19.5 Å². The van der Waals surface area contributed by atoms with E-state index < -0.39 is 0 Å². The highest BCUT2D eigenvalue weighted by Gasteiger charge is 2.21. The average molecular weight is 831 g/mol. The number of para-hydroxylation sites is 2.